The van der Waals surface area contributed by atoms with Crippen molar-refractivity contribution in [3.63, 3.8) is 0 Å². The number of thioether (sulfide) groups is 1. The topological polar surface area (TPSA) is 33.6 Å². The van der Waals surface area contributed by atoms with Crippen molar-refractivity contribution in [2.24, 2.45) is 4.99 Å². The molecule has 1 aromatic carbocycles. The summed E-state index contributed by atoms with van der Waals surface area (Å²) < 4.78 is 18.8. The summed E-state index contributed by atoms with van der Waals surface area (Å²) in [6.45, 7) is 4.16. The lowest BCUT2D eigenvalue weighted by Gasteiger charge is -2.26. The molecule has 3 nitrogen and oxygen atoms in total. The fourth-order valence-corrected chi connectivity index (χ4v) is 2.96. The van der Waals surface area contributed by atoms with Crippen molar-refractivity contribution in [1.29, 1.82) is 0 Å². The molecule has 0 saturated heterocycles. The summed E-state index contributed by atoms with van der Waals surface area (Å²) in [5, 5.41) is 3.80. The van der Waals surface area contributed by atoms with Crippen LogP contribution in [-0.4, -0.2) is 23.6 Å². The largest absolute Gasteiger partial charge is 0.497 e. The lowest BCUT2D eigenvalue weighted by molar-refractivity contribution is 0.414. The first-order valence-electron chi connectivity index (χ1n) is 5.83. The van der Waals surface area contributed by atoms with Crippen LogP contribution in [0.1, 0.15) is 20.3 Å². The number of hydrogen-bond donors (Lipinski definition) is 1. The van der Waals surface area contributed by atoms with Crippen LogP contribution in [0.5, 0.6) is 5.75 Å². The summed E-state index contributed by atoms with van der Waals surface area (Å²) in [5.74, 6) is 1.31. The third kappa shape index (κ3) is 3.16. The molecular formula is C13H17FN2OS. The molecule has 5 heteroatoms. The maximum absolute atomic E-state index is 13.7. The van der Waals surface area contributed by atoms with Crippen molar-refractivity contribution in [2.75, 3.05) is 18.2 Å². The van der Waals surface area contributed by atoms with Gasteiger partial charge >= 0.3 is 0 Å². The van der Waals surface area contributed by atoms with Gasteiger partial charge in [0.1, 0.15) is 11.6 Å². The highest BCUT2D eigenvalue weighted by molar-refractivity contribution is 8.14. The molecule has 0 unspecified atom stereocenters. The number of aliphatic imine (C=N–C) groups is 1. The number of benzene rings is 1. The molecule has 0 saturated carbocycles. The van der Waals surface area contributed by atoms with Gasteiger partial charge in [0.05, 0.1) is 18.3 Å². The van der Waals surface area contributed by atoms with E-state index in [1.54, 1.807) is 31.0 Å². The monoisotopic (exact) mass is 268 g/mol. The summed E-state index contributed by atoms with van der Waals surface area (Å²) in [4.78, 5) is 4.57. The van der Waals surface area contributed by atoms with E-state index >= 15 is 0 Å². The molecule has 18 heavy (non-hydrogen) atoms. The molecule has 1 N–H and O–H groups in total. The Labute approximate surface area is 111 Å². The molecule has 1 heterocycles. The molecule has 98 valence electrons. The van der Waals surface area contributed by atoms with Gasteiger partial charge in [0.2, 0.25) is 0 Å². The number of halogens is 1. The number of rotatable bonds is 2. The molecule has 0 bridgehead atoms. The van der Waals surface area contributed by atoms with Crippen LogP contribution in [-0.2, 0) is 0 Å². The number of hydrogen-bond acceptors (Lipinski definition) is 4. The Balaban J connectivity index is 2.21. The number of anilines is 1. The second-order valence-electron chi connectivity index (χ2n) is 4.80. The Kier molecular flexibility index (Phi) is 3.80. The first-order chi connectivity index (χ1) is 8.50. The minimum absolute atomic E-state index is 0.0804. The molecule has 1 aliphatic heterocycles. The van der Waals surface area contributed by atoms with Gasteiger partial charge in [-0.15, -0.1) is 0 Å². The quantitative estimate of drug-likeness (QED) is 0.891. The molecule has 1 aliphatic rings. The molecule has 1 aromatic rings. The predicted molar refractivity (Wildman–Crippen MR) is 75.2 cm³/mol. The summed E-state index contributed by atoms with van der Waals surface area (Å²) in [5.41, 5.74) is 0.321. The Bertz CT molecular complexity index is 474. The zero-order valence-electron chi connectivity index (χ0n) is 10.8. The number of amidine groups is 1. The van der Waals surface area contributed by atoms with Gasteiger partial charge in [-0.2, -0.15) is 0 Å². The van der Waals surface area contributed by atoms with E-state index in [0.717, 1.165) is 17.3 Å². The lowest BCUT2D eigenvalue weighted by atomic mass is 10.0. The zero-order valence-corrected chi connectivity index (χ0v) is 11.6. The maximum atomic E-state index is 13.7. The van der Waals surface area contributed by atoms with Gasteiger partial charge in [0.15, 0.2) is 5.17 Å². The van der Waals surface area contributed by atoms with Gasteiger partial charge in [-0.05, 0) is 32.4 Å². The predicted octanol–water partition coefficient (Wildman–Crippen LogP) is 3.52. The van der Waals surface area contributed by atoms with Crippen LogP contribution in [0.2, 0.25) is 0 Å². The van der Waals surface area contributed by atoms with Gasteiger partial charge < -0.3 is 10.1 Å². The van der Waals surface area contributed by atoms with Crippen LogP contribution < -0.4 is 10.1 Å². The number of methoxy groups -OCH3 is 1. The van der Waals surface area contributed by atoms with Gasteiger partial charge in [-0.1, -0.05) is 11.8 Å². The number of ether oxygens (including phenoxy) is 1. The highest BCUT2D eigenvalue weighted by atomic mass is 32.2. The van der Waals surface area contributed by atoms with E-state index in [1.165, 1.54) is 6.07 Å². The fourth-order valence-electron chi connectivity index (χ4n) is 1.67. The Hall–Kier alpha value is -1.23. The molecule has 0 aromatic heterocycles. The van der Waals surface area contributed by atoms with Crippen molar-refractivity contribution in [2.45, 2.75) is 25.8 Å². The minimum atomic E-state index is -0.303. The first-order valence-corrected chi connectivity index (χ1v) is 6.82. The third-order valence-electron chi connectivity index (χ3n) is 2.77. The van der Waals surface area contributed by atoms with E-state index in [1.807, 2.05) is 0 Å². The second kappa shape index (κ2) is 5.18. The summed E-state index contributed by atoms with van der Waals surface area (Å²) in [6, 6.07) is 4.63. The molecule has 2 rings (SSSR count). The average molecular weight is 268 g/mol. The van der Waals surface area contributed by atoms with E-state index in [4.69, 9.17) is 4.74 Å². The van der Waals surface area contributed by atoms with Gasteiger partial charge in [0, 0.05) is 11.8 Å². The van der Waals surface area contributed by atoms with Crippen molar-refractivity contribution < 1.29 is 9.13 Å². The van der Waals surface area contributed by atoms with Gasteiger partial charge in [-0.25, -0.2) is 4.39 Å². The van der Waals surface area contributed by atoms with E-state index < -0.39 is 0 Å². The summed E-state index contributed by atoms with van der Waals surface area (Å²) >= 11 is 1.61. The first kappa shape index (κ1) is 13.2. The van der Waals surface area contributed by atoms with Crippen molar-refractivity contribution >= 4 is 22.6 Å². The van der Waals surface area contributed by atoms with Crippen LogP contribution in [0.4, 0.5) is 10.1 Å². The van der Waals surface area contributed by atoms with Gasteiger partial charge in [0.25, 0.3) is 0 Å². The maximum Gasteiger partial charge on any atom is 0.161 e. The molecule has 0 radical (unpaired) electrons. The minimum Gasteiger partial charge on any atom is -0.497 e. The van der Waals surface area contributed by atoms with E-state index in [9.17, 15) is 4.39 Å². The third-order valence-corrected chi connectivity index (χ3v) is 3.65. The smallest absolute Gasteiger partial charge is 0.161 e. The van der Waals surface area contributed by atoms with E-state index in [2.05, 4.69) is 24.2 Å². The second-order valence-corrected chi connectivity index (χ2v) is 5.88. The Morgan fingerprint density at radius 3 is 2.89 bits per heavy atom. The normalized spacial score (nSPS) is 18.1. The number of nitrogens with zero attached hydrogens (tertiary/aromatic N) is 1. The summed E-state index contributed by atoms with van der Waals surface area (Å²) in [6.07, 6.45) is 1.03. The SMILES string of the molecule is COc1ccc(F)c(NC2=NC(C)(C)CCS2)c1. The molecule has 0 aliphatic carbocycles. The standard InChI is InChI=1S/C13H17FN2OS/c1-13(2)6-7-18-12(16-13)15-11-8-9(17-3)4-5-10(11)14/h4-5,8H,6-7H2,1-3H3,(H,15,16). The van der Waals surface area contributed by atoms with Crippen LogP contribution in [0.25, 0.3) is 0 Å². The highest BCUT2D eigenvalue weighted by Crippen LogP contribution is 2.28. The molecule has 0 amide bonds. The van der Waals surface area contributed by atoms with Gasteiger partial charge in [-0.3, -0.25) is 4.99 Å². The zero-order chi connectivity index (χ0) is 13.2. The molecule has 0 spiro atoms. The Morgan fingerprint density at radius 2 is 2.22 bits per heavy atom. The molecule has 0 atom stereocenters. The average Bonchev–Trinajstić information content (AvgIpc) is 2.31. The van der Waals surface area contributed by atoms with Crippen LogP contribution in [0, 0.1) is 5.82 Å². The highest BCUT2D eigenvalue weighted by Gasteiger charge is 2.23. The van der Waals surface area contributed by atoms with E-state index in [-0.39, 0.29) is 11.4 Å². The van der Waals surface area contributed by atoms with Crippen molar-refractivity contribution in [3.8, 4) is 5.75 Å². The molecular weight excluding hydrogens is 251 g/mol. The lowest BCUT2D eigenvalue weighted by Crippen LogP contribution is -2.27. The molecule has 0 fully saturated rings. The van der Waals surface area contributed by atoms with Crippen LogP contribution >= 0.6 is 11.8 Å². The van der Waals surface area contributed by atoms with Crippen molar-refractivity contribution in [1.82, 2.24) is 0 Å². The Morgan fingerprint density at radius 1 is 1.44 bits per heavy atom. The number of nitrogens with one attached hydrogen (secondary N) is 1. The fraction of sp³-hybridized carbons (Fsp3) is 0.462. The van der Waals surface area contributed by atoms with Crippen molar-refractivity contribution in [3.05, 3.63) is 24.0 Å². The van der Waals surface area contributed by atoms with E-state index in [0.29, 0.717) is 11.4 Å². The summed E-state index contributed by atoms with van der Waals surface area (Å²) in [7, 11) is 1.56. The van der Waals surface area contributed by atoms with Crippen LogP contribution in [0.15, 0.2) is 23.2 Å². The van der Waals surface area contributed by atoms with Crippen LogP contribution in [0.3, 0.4) is 0 Å².